The number of carbonyl (C=O) groups is 3. The lowest BCUT2D eigenvalue weighted by atomic mass is 10.1. The van der Waals surface area contributed by atoms with Crippen molar-refractivity contribution in [2.24, 2.45) is 0 Å². The Labute approximate surface area is 182 Å². The van der Waals surface area contributed by atoms with Crippen LogP contribution >= 0.6 is 22.9 Å². The molecule has 3 aromatic rings. The number of hydrogen-bond acceptors (Lipinski definition) is 4. The topological polar surface area (TPSA) is 87.3 Å². The van der Waals surface area contributed by atoms with Crippen LogP contribution in [-0.2, 0) is 0 Å². The number of carbonyl (C=O) groups excluding carboxylic acids is 3. The van der Waals surface area contributed by atoms with Gasteiger partial charge in [0, 0.05) is 11.6 Å². The minimum absolute atomic E-state index is 0.214. The van der Waals surface area contributed by atoms with Gasteiger partial charge >= 0.3 is 0 Å². The molecule has 0 atom stereocenters. The Morgan fingerprint density at radius 2 is 1.63 bits per heavy atom. The standard InChI is InChI=1S/C22H18ClN3O3S/c23-16-10-7-13(12-18(16)26-22(29)19-6-3-11-30-19)20(27)25-17-5-2-1-4-15(17)21(28)24-14-8-9-14/h1-7,10-12,14H,8-9H2,(H,24,28)(H,25,27)(H,26,29). The molecule has 0 spiro atoms. The van der Waals surface area contributed by atoms with Crippen LogP contribution in [0.2, 0.25) is 5.02 Å². The van der Waals surface area contributed by atoms with Crippen LogP contribution in [-0.4, -0.2) is 23.8 Å². The summed E-state index contributed by atoms with van der Waals surface area (Å²) in [5.41, 5.74) is 1.46. The quantitative estimate of drug-likeness (QED) is 0.515. The summed E-state index contributed by atoms with van der Waals surface area (Å²) in [5.74, 6) is -0.926. The van der Waals surface area contributed by atoms with E-state index in [1.807, 2.05) is 0 Å². The number of anilines is 2. The molecule has 4 rings (SSSR count). The van der Waals surface area contributed by atoms with Crippen molar-refractivity contribution >= 4 is 52.0 Å². The summed E-state index contributed by atoms with van der Waals surface area (Å²) in [6, 6.07) is 15.2. The number of rotatable bonds is 6. The van der Waals surface area contributed by atoms with Crippen molar-refractivity contribution in [1.29, 1.82) is 0 Å². The molecule has 3 amide bonds. The highest BCUT2D eigenvalue weighted by atomic mass is 35.5. The molecule has 30 heavy (non-hydrogen) atoms. The highest BCUT2D eigenvalue weighted by Crippen LogP contribution is 2.26. The SMILES string of the molecule is O=C(Nc1ccccc1C(=O)NC1CC1)c1ccc(Cl)c(NC(=O)c2cccs2)c1. The zero-order valence-electron chi connectivity index (χ0n) is 15.8. The van der Waals surface area contributed by atoms with Gasteiger partial charge in [-0.05, 0) is 54.6 Å². The molecule has 1 aliphatic carbocycles. The van der Waals surface area contributed by atoms with Gasteiger partial charge in [0.1, 0.15) is 0 Å². The van der Waals surface area contributed by atoms with Crippen LogP contribution in [0.15, 0.2) is 60.0 Å². The largest absolute Gasteiger partial charge is 0.349 e. The van der Waals surface area contributed by atoms with Gasteiger partial charge in [0.05, 0.1) is 26.8 Å². The van der Waals surface area contributed by atoms with E-state index in [-0.39, 0.29) is 17.9 Å². The Morgan fingerprint density at radius 1 is 0.867 bits per heavy atom. The molecule has 0 radical (unpaired) electrons. The molecule has 3 N–H and O–H groups in total. The zero-order valence-corrected chi connectivity index (χ0v) is 17.3. The van der Waals surface area contributed by atoms with E-state index in [4.69, 9.17) is 11.6 Å². The predicted octanol–water partition coefficient (Wildman–Crippen LogP) is 4.80. The first-order valence-corrected chi connectivity index (χ1v) is 10.6. The molecule has 0 saturated heterocycles. The van der Waals surface area contributed by atoms with Crippen molar-refractivity contribution < 1.29 is 14.4 Å². The normalized spacial score (nSPS) is 12.8. The number of para-hydroxylation sites is 1. The van der Waals surface area contributed by atoms with Crippen LogP contribution in [0.3, 0.4) is 0 Å². The van der Waals surface area contributed by atoms with Gasteiger partial charge in [-0.25, -0.2) is 0 Å². The van der Waals surface area contributed by atoms with Gasteiger partial charge < -0.3 is 16.0 Å². The average Bonchev–Trinajstić information content (AvgIpc) is 3.37. The van der Waals surface area contributed by atoms with E-state index in [9.17, 15) is 14.4 Å². The highest BCUT2D eigenvalue weighted by molar-refractivity contribution is 7.12. The fourth-order valence-corrected chi connectivity index (χ4v) is 3.61. The second-order valence-electron chi connectivity index (χ2n) is 6.87. The fraction of sp³-hybridized carbons (Fsp3) is 0.136. The molecule has 1 heterocycles. The minimum atomic E-state index is -0.412. The maximum atomic E-state index is 12.8. The highest BCUT2D eigenvalue weighted by Gasteiger charge is 2.25. The molecule has 0 aliphatic heterocycles. The maximum Gasteiger partial charge on any atom is 0.265 e. The van der Waals surface area contributed by atoms with Crippen molar-refractivity contribution in [3.63, 3.8) is 0 Å². The van der Waals surface area contributed by atoms with Crippen molar-refractivity contribution in [2.75, 3.05) is 10.6 Å². The molecular formula is C22H18ClN3O3S. The van der Waals surface area contributed by atoms with E-state index in [1.54, 1.807) is 53.9 Å². The first kappa shape index (κ1) is 20.1. The molecule has 152 valence electrons. The van der Waals surface area contributed by atoms with Gasteiger partial charge in [0.2, 0.25) is 0 Å². The zero-order chi connectivity index (χ0) is 21.1. The van der Waals surface area contributed by atoms with Crippen molar-refractivity contribution in [1.82, 2.24) is 5.32 Å². The molecule has 1 aliphatic rings. The number of nitrogens with one attached hydrogen (secondary N) is 3. The lowest BCUT2D eigenvalue weighted by Gasteiger charge is -2.12. The van der Waals surface area contributed by atoms with Crippen LogP contribution in [0, 0.1) is 0 Å². The number of benzene rings is 2. The molecule has 8 heteroatoms. The summed E-state index contributed by atoms with van der Waals surface area (Å²) in [5, 5.41) is 10.5. The van der Waals surface area contributed by atoms with E-state index < -0.39 is 5.91 Å². The second kappa shape index (κ2) is 8.69. The third-order valence-corrected chi connectivity index (χ3v) is 5.75. The molecule has 1 aromatic heterocycles. The van der Waals surface area contributed by atoms with Gasteiger partial charge in [-0.15, -0.1) is 11.3 Å². The summed E-state index contributed by atoms with van der Waals surface area (Å²) in [4.78, 5) is 38.1. The summed E-state index contributed by atoms with van der Waals surface area (Å²) in [7, 11) is 0. The van der Waals surface area contributed by atoms with E-state index in [0.29, 0.717) is 32.4 Å². The predicted molar refractivity (Wildman–Crippen MR) is 119 cm³/mol. The van der Waals surface area contributed by atoms with Crippen LogP contribution in [0.5, 0.6) is 0 Å². The van der Waals surface area contributed by atoms with Crippen LogP contribution in [0.1, 0.15) is 43.2 Å². The van der Waals surface area contributed by atoms with Crippen LogP contribution in [0.4, 0.5) is 11.4 Å². The molecule has 0 bridgehead atoms. The van der Waals surface area contributed by atoms with Gasteiger partial charge in [0.15, 0.2) is 0 Å². The first-order valence-electron chi connectivity index (χ1n) is 9.37. The van der Waals surface area contributed by atoms with Crippen molar-refractivity contribution in [2.45, 2.75) is 18.9 Å². The van der Waals surface area contributed by atoms with E-state index >= 15 is 0 Å². The van der Waals surface area contributed by atoms with Gasteiger partial charge in [-0.3, -0.25) is 14.4 Å². The van der Waals surface area contributed by atoms with E-state index in [2.05, 4.69) is 16.0 Å². The summed E-state index contributed by atoms with van der Waals surface area (Å²) in [6.07, 6.45) is 1.95. The van der Waals surface area contributed by atoms with Crippen LogP contribution in [0.25, 0.3) is 0 Å². The number of amides is 3. The van der Waals surface area contributed by atoms with E-state index in [1.165, 1.54) is 17.4 Å². The third-order valence-electron chi connectivity index (χ3n) is 4.55. The number of thiophene rings is 1. The maximum absolute atomic E-state index is 12.8. The molecule has 1 fully saturated rings. The average molecular weight is 440 g/mol. The van der Waals surface area contributed by atoms with Crippen molar-refractivity contribution in [3.05, 3.63) is 81.0 Å². The Balaban J connectivity index is 1.51. The lowest BCUT2D eigenvalue weighted by molar-refractivity contribution is 0.0951. The molecule has 1 saturated carbocycles. The summed E-state index contributed by atoms with van der Waals surface area (Å²) in [6.45, 7) is 0. The molecule has 0 unspecified atom stereocenters. The summed E-state index contributed by atoms with van der Waals surface area (Å²) < 4.78 is 0. The van der Waals surface area contributed by atoms with Crippen molar-refractivity contribution in [3.8, 4) is 0 Å². The van der Waals surface area contributed by atoms with Gasteiger partial charge in [-0.1, -0.05) is 29.8 Å². The Bertz CT molecular complexity index is 1110. The van der Waals surface area contributed by atoms with Crippen LogP contribution < -0.4 is 16.0 Å². The lowest BCUT2D eigenvalue weighted by Crippen LogP contribution is -2.27. The number of halogens is 1. The number of hydrogen-bond donors (Lipinski definition) is 3. The van der Waals surface area contributed by atoms with Gasteiger partial charge in [-0.2, -0.15) is 0 Å². The Morgan fingerprint density at radius 3 is 2.37 bits per heavy atom. The Hall–Kier alpha value is -3.16. The molecule has 2 aromatic carbocycles. The molecular weight excluding hydrogens is 422 g/mol. The first-order chi connectivity index (χ1) is 14.5. The smallest absolute Gasteiger partial charge is 0.265 e. The fourth-order valence-electron chi connectivity index (χ4n) is 2.83. The Kier molecular flexibility index (Phi) is 5.83. The summed E-state index contributed by atoms with van der Waals surface area (Å²) >= 11 is 7.50. The van der Waals surface area contributed by atoms with E-state index in [0.717, 1.165) is 12.8 Å². The third kappa shape index (κ3) is 4.69. The second-order valence-corrected chi connectivity index (χ2v) is 8.23. The van der Waals surface area contributed by atoms with Gasteiger partial charge in [0.25, 0.3) is 17.7 Å². The molecule has 6 nitrogen and oxygen atoms in total. The monoisotopic (exact) mass is 439 g/mol. The minimum Gasteiger partial charge on any atom is -0.349 e.